The molecule has 126 valence electrons. The first-order valence-corrected chi connectivity index (χ1v) is 9.45. The van der Waals surface area contributed by atoms with Crippen LogP contribution in [0.25, 0.3) is 0 Å². The summed E-state index contributed by atoms with van der Waals surface area (Å²) in [5, 5.41) is 11.7. The number of hydrogen-bond donors (Lipinski definition) is 2. The van der Waals surface area contributed by atoms with E-state index in [0.29, 0.717) is 19.3 Å². The van der Waals surface area contributed by atoms with Crippen LogP contribution >= 0.6 is 0 Å². The van der Waals surface area contributed by atoms with Crippen molar-refractivity contribution in [3.63, 3.8) is 0 Å². The van der Waals surface area contributed by atoms with E-state index in [9.17, 15) is 18.0 Å². The molecule has 0 heterocycles. The molecule has 7 heteroatoms. The van der Waals surface area contributed by atoms with Crippen LogP contribution in [-0.2, 0) is 21.1 Å². The van der Waals surface area contributed by atoms with E-state index in [1.807, 2.05) is 0 Å². The van der Waals surface area contributed by atoms with Crippen LogP contribution in [0.4, 0.5) is 0 Å². The maximum absolute atomic E-state index is 12.4. The molecule has 2 N–H and O–H groups in total. The molecule has 2 rings (SSSR count). The highest BCUT2D eigenvalue weighted by molar-refractivity contribution is 7.92. The maximum Gasteiger partial charge on any atom is 0.335 e. The topological polar surface area (TPSA) is 101 Å². The van der Waals surface area contributed by atoms with Gasteiger partial charge in [0, 0.05) is 12.8 Å². The Balaban J connectivity index is 1.99. The van der Waals surface area contributed by atoms with E-state index in [1.165, 1.54) is 6.07 Å². The molecule has 1 aliphatic rings. The number of amides is 1. The van der Waals surface area contributed by atoms with Crippen molar-refractivity contribution in [1.29, 1.82) is 0 Å². The van der Waals surface area contributed by atoms with E-state index >= 15 is 0 Å². The van der Waals surface area contributed by atoms with Gasteiger partial charge in [-0.15, -0.1) is 0 Å². The number of aromatic carboxylic acids is 1. The Morgan fingerprint density at radius 1 is 1.26 bits per heavy atom. The lowest BCUT2D eigenvalue weighted by molar-refractivity contribution is -0.123. The van der Waals surface area contributed by atoms with E-state index in [4.69, 9.17) is 5.11 Å². The zero-order valence-electron chi connectivity index (χ0n) is 13.0. The van der Waals surface area contributed by atoms with Crippen LogP contribution < -0.4 is 5.32 Å². The SMILES string of the molecule is CS(=O)(=O)C1(C(=O)NCCc2cccc(C(=O)O)c2)CCCC1. The Hall–Kier alpha value is -1.89. The van der Waals surface area contributed by atoms with Crippen LogP contribution in [0, 0.1) is 0 Å². The van der Waals surface area contributed by atoms with Gasteiger partial charge in [-0.25, -0.2) is 13.2 Å². The lowest BCUT2D eigenvalue weighted by atomic mass is 10.1. The molecule has 1 aromatic carbocycles. The van der Waals surface area contributed by atoms with E-state index < -0.39 is 26.5 Å². The second-order valence-electron chi connectivity index (χ2n) is 5.98. The molecule has 1 aromatic rings. The number of nitrogens with one attached hydrogen (secondary N) is 1. The smallest absolute Gasteiger partial charge is 0.335 e. The quantitative estimate of drug-likeness (QED) is 0.816. The van der Waals surface area contributed by atoms with Crippen LogP contribution in [0.15, 0.2) is 24.3 Å². The van der Waals surface area contributed by atoms with Gasteiger partial charge >= 0.3 is 5.97 Å². The summed E-state index contributed by atoms with van der Waals surface area (Å²) in [7, 11) is -3.47. The summed E-state index contributed by atoms with van der Waals surface area (Å²) in [5.41, 5.74) is 0.974. The molecule has 1 fully saturated rings. The molecule has 0 spiro atoms. The van der Waals surface area contributed by atoms with Crippen LogP contribution in [0.3, 0.4) is 0 Å². The van der Waals surface area contributed by atoms with Crippen molar-refractivity contribution >= 4 is 21.7 Å². The zero-order chi connectivity index (χ0) is 17.1. The highest BCUT2D eigenvalue weighted by Gasteiger charge is 2.49. The second kappa shape index (κ2) is 6.70. The molecule has 0 atom stereocenters. The molecule has 23 heavy (non-hydrogen) atoms. The molecule has 6 nitrogen and oxygen atoms in total. The largest absolute Gasteiger partial charge is 0.478 e. The minimum atomic E-state index is -3.47. The van der Waals surface area contributed by atoms with Crippen molar-refractivity contribution < 1.29 is 23.1 Å². The molecule has 0 aliphatic heterocycles. The summed E-state index contributed by atoms with van der Waals surface area (Å²) in [6, 6.07) is 6.48. The predicted octanol–water partition coefficient (Wildman–Crippen LogP) is 1.40. The number of carboxylic acid groups (broad SMARTS) is 1. The fourth-order valence-corrected chi connectivity index (χ4v) is 4.49. The summed E-state index contributed by atoms with van der Waals surface area (Å²) in [4.78, 5) is 23.3. The molecule has 1 aliphatic carbocycles. The lowest BCUT2D eigenvalue weighted by Gasteiger charge is -2.25. The molecule has 0 saturated heterocycles. The minimum Gasteiger partial charge on any atom is -0.478 e. The van der Waals surface area contributed by atoms with Crippen molar-refractivity contribution in [3.8, 4) is 0 Å². The van der Waals surface area contributed by atoms with E-state index in [0.717, 1.165) is 24.7 Å². The first-order chi connectivity index (χ1) is 10.8. The molecule has 0 unspecified atom stereocenters. The third-order valence-electron chi connectivity index (χ3n) is 4.41. The predicted molar refractivity (Wildman–Crippen MR) is 86.2 cm³/mol. The Morgan fingerprint density at radius 3 is 2.48 bits per heavy atom. The summed E-state index contributed by atoms with van der Waals surface area (Å²) >= 11 is 0. The van der Waals surface area contributed by atoms with Crippen LogP contribution in [-0.4, -0.2) is 42.9 Å². The molecule has 0 bridgehead atoms. The van der Waals surface area contributed by atoms with Crippen molar-refractivity contribution in [1.82, 2.24) is 5.32 Å². The van der Waals surface area contributed by atoms with Crippen LogP contribution in [0.2, 0.25) is 0 Å². The highest BCUT2D eigenvalue weighted by atomic mass is 32.2. The second-order valence-corrected chi connectivity index (χ2v) is 8.31. The summed E-state index contributed by atoms with van der Waals surface area (Å²) in [5.74, 6) is -1.44. The fraction of sp³-hybridized carbons (Fsp3) is 0.500. The Kier molecular flexibility index (Phi) is 5.09. The fourth-order valence-electron chi connectivity index (χ4n) is 3.05. The van der Waals surface area contributed by atoms with Gasteiger partial charge in [0.05, 0.1) is 5.56 Å². The van der Waals surface area contributed by atoms with Gasteiger partial charge in [0.25, 0.3) is 0 Å². The van der Waals surface area contributed by atoms with Gasteiger partial charge in [0.2, 0.25) is 5.91 Å². The van der Waals surface area contributed by atoms with Crippen molar-refractivity contribution in [2.75, 3.05) is 12.8 Å². The number of benzene rings is 1. The number of sulfone groups is 1. The lowest BCUT2D eigenvalue weighted by Crippen LogP contribution is -2.50. The number of carbonyl (C=O) groups is 2. The monoisotopic (exact) mass is 339 g/mol. The summed E-state index contributed by atoms with van der Waals surface area (Å²) in [6.45, 7) is 0.277. The summed E-state index contributed by atoms with van der Waals surface area (Å²) in [6.07, 6.45) is 3.78. The van der Waals surface area contributed by atoms with Crippen molar-refractivity contribution in [2.45, 2.75) is 36.9 Å². The van der Waals surface area contributed by atoms with Crippen molar-refractivity contribution in [3.05, 3.63) is 35.4 Å². The first-order valence-electron chi connectivity index (χ1n) is 7.56. The average molecular weight is 339 g/mol. The first kappa shape index (κ1) is 17.5. The standard InChI is InChI=1S/C16H21NO5S/c1-23(21,22)16(8-2-3-9-16)15(20)17-10-7-12-5-4-6-13(11-12)14(18)19/h4-6,11H,2-3,7-10H2,1H3,(H,17,20)(H,18,19). The third kappa shape index (κ3) is 3.72. The minimum absolute atomic E-state index is 0.192. The number of carbonyl (C=O) groups excluding carboxylic acids is 1. The number of carboxylic acids is 1. The Labute approximate surface area is 135 Å². The van der Waals surface area contributed by atoms with E-state index in [-0.39, 0.29) is 12.1 Å². The molecule has 1 amide bonds. The van der Waals surface area contributed by atoms with Crippen LogP contribution in [0.5, 0.6) is 0 Å². The van der Waals surface area contributed by atoms with Gasteiger partial charge in [-0.3, -0.25) is 4.79 Å². The normalized spacial score (nSPS) is 16.9. The summed E-state index contributed by atoms with van der Waals surface area (Å²) < 4.78 is 22.8. The van der Waals surface area contributed by atoms with Gasteiger partial charge in [0.15, 0.2) is 9.84 Å². The highest BCUT2D eigenvalue weighted by Crippen LogP contribution is 2.36. The molecule has 1 saturated carbocycles. The average Bonchev–Trinajstić information content (AvgIpc) is 2.98. The maximum atomic E-state index is 12.4. The zero-order valence-corrected chi connectivity index (χ0v) is 13.9. The van der Waals surface area contributed by atoms with Gasteiger partial charge in [-0.1, -0.05) is 25.0 Å². The van der Waals surface area contributed by atoms with Crippen molar-refractivity contribution in [2.24, 2.45) is 0 Å². The molecular weight excluding hydrogens is 318 g/mol. The van der Waals surface area contributed by atoms with Gasteiger partial charge in [-0.2, -0.15) is 0 Å². The molecular formula is C16H21NO5S. The number of hydrogen-bond acceptors (Lipinski definition) is 4. The van der Waals surface area contributed by atoms with Gasteiger partial charge < -0.3 is 10.4 Å². The molecule has 0 aromatic heterocycles. The number of rotatable bonds is 6. The molecule has 0 radical (unpaired) electrons. The van der Waals surface area contributed by atoms with Gasteiger partial charge in [-0.05, 0) is 37.0 Å². The van der Waals surface area contributed by atoms with E-state index in [1.54, 1.807) is 18.2 Å². The third-order valence-corrected chi connectivity index (χ3v) is 6.42. The van der Waals surface area contributed by atoms with Gasteiger partial charge in [0.1, 0.15) is 4.75 Å². The van der Waals surface area contributed by atoms with E-state index in [2.05, 4.69) is 5.32 Å². The van der Waals surface area contributed by atoms with Crippen LogP contribution in [0.1, 0.15) is 41.6 Å². The Bertz CT molecular complexity index is 705. The Morgan fingerprint density at radius 2 is 1.91 bits per heavy atom.